The van der Waals surface area contributed by atoms with Crippen molar-refractivity contribution in [3.8, 4) is 0 Å². The molecule has 2 bridgehead atoms. The maximum absolute atomic E-state index is 14.6. The van der Waals surface area contributed by atoms with Crippen LogP contribution in [0.5, 0.6) is 0 Å². The second-order valence-electron chi connectivity index (χ2n) is 11.0. The van der Waals surface area contributed by atoms with Gasteiger partial charge in [-0.25, -0.2) is 0 Å². The van der Waals surface area contributed by atoms with Crippen molar-refractivity contribution in [3.05, 3.63) is 49.6 Å². The average molecular weight is 553 g/mol. The van der Waals surface area contributed by atoms with Gasteiger partial charge in [-0.1, -0.05) is 19.1 Å². The molecule has 3 heterocycles. The summed E-state index contributed by atoms with van der Waals surface area (Å²) in [6.07, 6.45) is 4.44. The van der Waals surface area contributed by atoms with Crippen LogP contribution in [0.3, 0.4) is 0 Å². The lowest BCUT2D eigenvalue weighted by Crippen LogP contribution is -2.59. The zero-order chi connectivity index (χ0) is 29.2. The Bertz CT molecular complexity index is 1120. The van der Waals surface area contributed by atoms with E-state index >= 15 is 0 Å². The van der Waals surface area contributed by atoms with Gasteiger partial charge >= 0.3 is 0 Å². The summed E-state index contributed by atoms with van der Waals surface area (Å²) >= 11 is 0. The highest BCUT2D eigenvalue weighted by molar-refractivity contribution is 6.05. The minimum atomic E-state index is -1.13. The highest BCUT2D eigenvalue weighted by Crippen LogP contribution is 2.59. The van der Waals surface area contributed by atoms with E-state index in [-0.39, 0.29) is 30.9 Å². The maximum atomic E-state index is 14.6. The molecule has 1 spiro atoms. The smallest absolute Gasteiger partial charge is 0.253 e. The molecule has 3 aliphatic rings. The van der Waals surface area contributed by atoms with E-state index in [0.717, 1.165) is 18.8 Å². The number of hydrogen-bond acceptors (Lipinski definition) is 6. The first-order valence-electron chi connectivity index (χ1n) is 14.5. The van der Waals surface area contributed by atoms with Gasteiger partial charge in [0.1, 0.15) is 11.6 Å². The Labute approximate surface area is 238 Å². The van der Waals surface area contributed by atoms with Crippen molar-refractivity contribution >= 4 is 29.1 Å². The summed E-state index contributed by atoms with van der Waals surface area (Å²) in [5, 5.41) is 10.3. The highest BCUT2D eigenvalue weighted by atomic mass is 16.5. The molecule has 0 radical (unpaired) electrons. The van der Waals surface area contributed by atoms with Gasteiger partial charge in [-0.3, -0.25) is 14.4 Å². The largest absolute Gasteiger partial charge is 0.394 e. The predicted molar refractivity (Wildman–Crippen MR) is 156 cm³/mol. The number of fused-ring (bicyclic) bond motifs is 1. The van der Waals surface area contributed by atoms with Crippen LogP contribution in [0.15, 0.2) is 49.6 Å². The Kier molecular flexibility index (Phi) is 9.05. The van der Waals surface area contributed by atoms with E-state index in [1.165, 1.54) is 4.90 Å². The van der Waals surface area contributed by atoms with Gasteiger partial charge in [0, 0.05) is 44.6 Å². The molecule has 1 N–H and O–H groups in total. The number of rotatable bonds is 13. The van der Waals surface area contributed by atoms with Crippen LogP contribution in [0.4, 0.5) is 11.4 Å². The summed E-state index contributed by atoms with van der Waals surface area (Å²) in [4.78, 5) is 49.3. The molecular formula is C31H44N4O5. The van der Waals surface area contributed by atoms with E-state index < -0.39 is 35.6 Å². The number of aliphatic hydroxyl groups is 1. The molecule has 6 atom stereocenters. The molecule has 3 aliphatic heterocycles. The predicted octanol–water partition coefficient (Wildman–Crippen LogP) is 2.84. The Hall–Kier alpha value is -3.17. The van der Waals surface area contributed by atoms with Crippen LogP contribution in [0.2, 0.25) is 0 Å². The Morgan fingerprint density at radius 3 is 2.27 bits per heavy atom. The van der Waals surface area contributed by atoms with E-state index in [9.17, 15) is 19.5 Å². The number of amides is 3. The lowest BCUT2D eigenvalue weighted by atomic mass is 9.70. The first-order valence-corrected chi connectivity index (χ1v) is 14.5. The normalized spacial score (nSPS) is 27.3. The summed E-state index contributed by atoms with van der Waals surface area (Å²) in [6, 6.07) is 6.29. The number of ether oxygens (including phenoxy) is 1. The molecule has 1 aromatic rings. The van der Waals surface area contributed by atoms with Crippen LogP contribution in [-0.2, 0) is 19.1 Å². The van der Waals surface area contributed by atoms with Gasteiger partial charge in [0.25, 0.3) is 5.91 Å². The third-order valence-corrected chi connectivity index (χ3v) is 8.98. The molecule has 218 valence electrons. The van der Waals surface area contributed by atoms with Crippen molar-refractivity contribution in [2.75, 3.05) is 49.6 Å². The molecule has 4 rings (SSSR count). The fourth-order valence-corrected chi connectivity index (χ4v) is 7.03. The van der Waals surface area contributed by atoms with Gasteiger partial charge < -0.3 is 29.4 Å². The molecular weight excluding hydrogens is 508 g/mol. The molecule has 40 heavy (non-hydrogen) atoms. The van der Waals surface area contributed by atoms with Crippen LogP contribution in [0.1, 0.15) is 40.0 Å². The van der Waals surface area contributed by atoms with Gasteiger partial charge in [-0.05, 0) is 57.4 Å². The molecule has 3 saturated heterocycles. The average Bonchev–Trinajstić information content (AvgIpc) is 3.61. The van der Waals surface area contributed by atoms with E-state index in [4.69, 9.17) is 4.74 Å². The lowest BCUT2D eigenvalue weighted by Gasteiger charge is -2.39. The van der Waals surface area contributed by atoms with Crippen molar-refractivity contribution in [2.45, 2.75) is 63.8 Å². The molecule has 0 aromatic heterocycles. The SMILES string of the molecule is C=CCN(C)C(=O)[C@@H]1[C@H]2C(=O)N([C@@H](CC)CO)C(C(=O)N(CC=C)c3ccc(N(CC)CC)cc3)C23CC[C@H]1O3. The zero-order valence-electron chi connectivity index (χ0n) is 24.3. The standard InChI is InChI=1S/C31H44N4O5/c1-7-18-32(6)28(37)25-24-16-17-31(40-24)26(25)29(38)35(21(9-3)20-36)27(31)30(39)34(19-8-2)23-14-12-22(13-15-23)33(10-4)11-5/h7-8,12-15,21,24-27,36H,1-2,9-11,16-20H2,3-6H3/t21-,24+,25-,26-,27?,31?/m0/s1. The van der Waals surface area contributed by atoms with Crippen molar-refractivity contribution < 1.29 is 24.2 Å². The summed E-state index contributed by atoms with van der Waals surface area (Å²) < 4.78 is 6.57. The maximum Gasteiger partial charge on any atom is 0.253 e. The van der Waals surface area contributed by atoms with Crippen LogP contribution >= 0.6 is 0 Å². The number of benzene rings is 1. The number of anilines is 2. The van der Waals surface area contributed by atoms with E-state index in [1.54, 1.807) is 29.0 Å². The van der Waals surface area contributed by atoms with Crippen molar-refractivity contribution in [2.24, 2.45) is 11.8 Å². The van der Waals surface area contributed by atoms with E-state index in [1.807, 2.05) is 31.2 Å². The van der Waals surface area contributed by atoms with E-state index in [2.05, 4.69) is 31.9 Å². The third-order valence-electron chi connectivity index (χ3n) is 8.98. The Morgan fingerprint density at radius 1 is 1.10 bits per heavy atom. The summed E-state index contributed by atoms with van der Waals surface area (Å²) in [5.74, 6) is -2.21. The Balaban J connectivity index is 1.76. The topological polar surface area (TPSA) is 93.6 Å². The second-order valence-corrected chi connectivity index (χ2v) is 11.0. The van der Waals surface area contributed by atoms with Gasteiger partial charge in [0.2, 0.25) is 11.8 Å². The minimum absolute atomic E-state index is 0.176. The molecule has 3 amide bonds. The number of carbonyl (C=O) groups excluding carboxylic acids is 3. The highest BCUT2D eigenvalue weighted by Gasteiger charge is 2.75. The van der Waals surface area contributed by atoms with Crippen molar-refractivity contribution in [3.63, 3.8) is 0 Å². The van der Waals surface area contributed by atoms with Gasteiger partial charge in [0.15, 0.2) is 0 Å². The zero-order valence-corrected chi connectivity index (χ0v) is 24.3. The Morgan fingerprint density at radius 2 is 1.73 bits per heavy atom. The van der Waals surface area contributed by atoms with Gasteiger partial charge in [0.05, 0.1) is 30.6 Å². The summed E-state index contributed by atoms with van der Waals surface area (Å²) in [7, 11) is 1.69. The first kappa shape index (κ1) is 29.8. The summed E-state index contributed by atoms with van der Waals surface area (Å²) in [6.45, 7) is 15.7. The number of likely N-dealkylation sites (tertiary alicyclic amines) is 1. The number of likely N-dealkylation sites (N-methyl/N-ethyl adjacent to an activating group) is 1. The van der Waals surface area contributed by atoms with Crippen LogP contribution < -0.4 is 9.80 Å². The van der Waals surface area contributed by atoms with Crippen LogP contribution in [-0.4, -0.2) is 96.3 Å². The molecule has 9 heteroatoms. The minimum Gasteiger partial charge on any atom is -0.394 e. The van der Waals surface area contributed by atoms with Crippen molar-refractivity contribution in [1.82, 2.24) is 9.80 Å². The van der Waals surface area contributed by atoms with E-state index in [0.29, 0.717) is 31.5 Å². The third kappa shape index (κ3) is 4.73. The quantitative estimate of drug-likeness (QED) is 0.379. The van der Waals surface area contributed by atoms with Crippen LogP contribution in [0.25, 0.3) is 0 Å². The monoisotopic (exact) mass is 552 g/mol. The fraction of sp³-hybridized carbons (Fsp3) is 0.581. The molecule has 1 aromatic carbocycles. The first-order chi connectivity index (χ1) is 19.2. The second kappa shape index (κ2) is 12.1. The van der Waals surface area contributed by atoms with Gasteiger partial charge in [-0.2, -0.15) is 0 Å². The number of hydrogen-bond donors (Lipinski definition) is 1. The lowest BCUT2D eigenvalue weighted by molar-refractivity contribution is -0.146. The molecule has 2 unspecified atom stereocenters. The molecule has 3 fully saturated rings. The van der Waals surface area contributed by atoms with Crippen molar-refractivity contribution in [1.29, 1.82) is 0 Å². The van der Waals surface area contributed by atoms with Crippen LogP contribution in [0, 0.1) is 11.8 Å². The molecule has 9 nitrogen and oxygen atoms in total. The summed E-state index contributed by atoms with van der Waals surface area (Å²) in [5.41, 5.74) is 0.623. The fourth-order valence-electron chi connectivity index (χ4n) is 7.03. The number of nitrogens with zero attached hydrogens (tertiary/aromatic N) is 4. The number of aliphatic hydroxyl groups excluding tert-OH is 1. The number of carbonyl (C=O) groups is 3. The molecule has 0 saturated carbocycles. The molecule has 0 aliphatic carbocycles. The van der Waals surface area contributed by atoms with Gasteiger partial charge in [-0.15, -0.1) is 13.2 Å².